The Bertz CT molecular complexity index is 1380. The maximum atomic E-state index is 13.5. The molecule has 0 N–H and O–H groups in total. The lowest BCUT2D eigenvalue weighted by molar-refractivity contribution is 0.0595. The van der Waals surface area contributed by atoms with Crippen LogP contribution in [0.4, 0.5) is 0 Å². The van der Waals surface area contributed by atoms with Crippen LogP contribution >= 0.6 is 0 Å². The van der Waals surface area contributed by atoms with Crippen LogP contribution in [0.5, 0.6) is 5.75 Å². The summed E-state index contributed by atoms with van der Waals surface area (Å²) in [6.07, 6.45) is 14.0. The van der Waals surface area contributed by atoms with Gasteiger partial charge in [0.05, 0.1) is 13.7 Å². The Morgan fingerprint density at radius 3 is 2.08 bits per heavy atom. The van der Waals surface area contributed by atoms with Crippen LogP contribution in [0.15, 0.2) is 116 Å². The molecule has 6 heteroatoms. The third-order valence-electron chi connectivity index (χ3n) is 7.83. The SMILES string of the molecule is C/C=C\C(=C/C)CCCCOCCCCCCN(CC(=O)c1ccc(OCc2ccccc2)c(C(=O)OC)c1)Cc1ccccc1.C=C. The molecule has 3 rings (SSSR count). The Labute approximate surface area is 289 Å². The van der Waals surface area contributed by atoms with E-state index in [1.54, 1.807) is 18.2 Å². The Hall–Kier alpha value is -4.26. The van der Waals surface area contributed by atoms with Gasteiger partial charge in [0.25, 0.3) is 0 Å². The van der Waals surface area contributed by atoms with E-state index < -0.39 is 5.97 Å². The molecule has 0 aliphatic heterocycles. The van der Waals surface area contributed by atoms with E-state index in [0.29, 0.717) is 24.5 Å². The van der Waals surface area contributed by atoms with Gasteiger partial charge < -0.3 is 14.2 Å². The number of carbonyl (C=O) groups excluding carboxylic acids is 2. The van der Waals surface area contributed by atoms with Crippen molar-refractivity contribution in [2.45, 2.75) is 71.9 Å². The predicted molar refractivity (Wildman–Crippen MR) is 198 cm³/mol. The topological polar surface area (TPSA) is 65.1 Å². The van der Waals surface area contributed by atoms with Gasteiger partial charge >= 0.3 is 5.97 Å². The van der Waals surface area contributed by atoms with Gasteiger partial charge in [-0.1, -0.05) is 97.3 Å². The number of carbonyl (C=O) groups is 2. The predicted octanol–water partition coefficient (Wildman–Crippen LogP) is 9.81. The largest absolute Gasteiger partial charge is 0.488 e. The molecule has 0 fully saturated rings. The molecule has 0 unspecified atom stereocenters. The van der Waals surface area contributed by atoms with E-state index >= 15 is 0 Å². The first kappa shape index (κ1) is 39.9. The van der Waals surface area contributed by atoms with Crippen LogP contribution in [-0.4, -0.2) is 50.1 Å². The molecule has 3 aromatic carbocycles. The molecule has 3 aromatic rings. The average Bonchev–Trinajstić information content (AvgIpc) is 3.13. The maximum Gasteiger partial charge on any atom is 0.341 e. The highest BCUT2D eigenvalue weighted by Gasteiger charge is 2.19. The summed E-state index contributed by atoms with van der Waals surface area (Å²) in [6, 6.07) is 25.0. The van der Waals surface area contributed by atoms with Crippen molar-refractivity contribution in [1.82, 2.24) is 4.90 Å². The van der Waals surface area contributed by atoms with Crippen molar-refractivity contribution in [3.05, 3.63) is 138 Å². The van der Waals surface area contributed by atoms with Crippen molar-refractivity contribution in [2.75, 3.05) is 33.4 Å². The molecule has 258 valence electrons. The molecular weight excluding hydrogens is 598 g/mol. The van der Waals surface area contributed by atoms with E-state index in [2.05, 4.69) is 62.3 Å². The second-order valence-corrected chi connectivity index (χ2v) is 11.4. The molecule has 0 bridgehead atoms. The fourth-order valence-corrected chi connectivity index (χ4v) is 5.25. The summed E-state index contributed by atoms with van der Waals surface area (Å²) in [6.45, 7) is 13.8. The molecule has 0 aliphatic carbocycles. The van der Waals surface area contributed by atoms with Crippen molar-refractivity contribution in [3.8, 4) is 5.75 Å². The quantitative estimate of drug-likeness (QED) is 0.0354. The monoisotopic (exact) mass is 653 g/mol. The molecule has 0 heterocycles. The first-order valence-electron chi connectivity index (χ1n) is 17.1. The lowest BCUT2D eigenvalue weighted by Gasteiger charge is -2.22. The van der Waals surface area contributed by atoms with E-state index in [-0.39, 0.29) is 17.9 Å². The number of hydrogen-bond acceptors (Lipinski definition) is 6. The Balaban J connectivity index is 0.00000392. The number of allylic oxidation sites excluding steroid dienone is 4. The van der Waals surface area contributed by atoms with Crippen LogP contribution in [0.1, 0.15) is 90.6 Å². The minimum atomic E-state index is -0.532. The highest BCUT2D eigenvalue weighted by molar-refractivity contribution is 6.01. The summed E-state index contributed by atoms with van der Waals surface area (Å²) in [5, 5.41) is 0. The first-order chi connectivity index (χ1) is 23.5. The molecule has 6 nitrogen and oxygen atoms in total. The highest BCUT2D eigenvalue weighted by Crippen LogP contribution is 2.23. The summed E-state index contributed by atoms with van der Waals surface area (Å²) in [5.74, 6) is -0.184. The van der Waals surface area contributed by atoms with Gasteiger partial charge in [-0.2, -0.15) is 0 Å². The zero-order chi connectivity index (χ0) is 34.8. The Kier molecular flexibility index (Phi) is 20.7. The number of ketones is 1. The molecule has 0 radical (unpaired) electrons. The van der Waals surface area contributed by atoms with Crippen molar-refractivity contribution < 1.29 is 23.8 Å². The number of hydrogen-bond donors (Lipinski definition) is 0. The van der Waals surface area contributed by atoms with Gasteiger partial charge in [0.1, 0.15) is 17.9 Å². The van der Waals surface area contributed by atoms with Gasteiger partial charge in [0.2, 0.25) is 0 Å². The number of Topliss-reactive ketones (excluding diaryl/α,β-unsaturated/α-hetero) is 1. The van der Waals surface area contributed by atoms with E-state index in [0.717, 1.165) is 75.8 Å². The molecule has 0 atom stereocenters. The maximum absolute atomic E-state index is 13.5. The smallest absolute Gasteiger partial charge is 0.341 e. The molecule has 0 spiro atoms. The minimum absolute atomic E-state index is 0.0450. The van der Waals surface area contributed by atoms with E-state index in [1.807, 2.05) is 48.5 Å². The number of ether oxygens (including phenoxy) is 3. The molecule has 0 amide bonds. The standard InChI is InChI=1S/C40H51NO5.C2H4/c1-4-18-33(5-2)19-14-17-28-45-27-16-7-6-15-26-41(30-34-20-10-8-11-21-34)31-38(42)36-24-25-39(37(29-36)40(43)44-3)46-32-35-22-12-9-13-23-35;1-2/h4-5,8-13,18,20-25,29H,6-7,14-17,19,26-28,30-32H2,1-3H3;1-2H2/b18-4-,33-5+;. The van der Waals surface area contributed by atoms with Crippen LogP contribution < -0.4 is 4.74 Å². The van der Waals surface area contributed by atoms with Gasteiger partial charge in [-0.05, 0) is 81.8 Å². The molecule has 0 aliphatic rings. The van der Waals surface area contributed by atoms with Gasteiger partial charge in [0.15, 0.2) is 5.78 Å². The third-order valence-corrected chi connectivity index (χ3v) is 7.83. The lowest BCUT2D eigenvalue weighted by Crippen LogP contribution is -2.30. The summed E-state index contributed by atoms with van der Waals surface area (Å²) < 4.78 is 16.8. The second kappa shape index (κ2) is 24.9. The molecule has 0 saturated carbocycles. The number of esters is 1. The molecule has 0 saturated heterocycles. The number of nitrogens with zero attached hydrogens (tertiary/aromatic N) is 1. The lowest BCUT2D eigenvalue weighted by atomic mass is 10.0. The fourth-order valence-electron chi connectivity index (χ4n) is 5.25. The van der Waals surface area contributed by atoms with Crippen LogP contribution in [0.2, 0.25) is 0 Å². The van der Waals surface area contributed by atoms with Crippen LogP contribution in [0, 0.1) is 0 Å². The average molecular weight is 654 g/mol. The van der Waals surface area contributed by atoms with E-state index in [9.17, 15) is 9.59 Å². The second-order valence-electron chi connectivity index (χ2n) is 11.4. The van der Waals surface area contributed by atoms with Crippen LogP contribution in [0.3, 0.4) is 0 Å². The van der Waals surface area contributed by atoms with Gasteiger partial charge in [-0.25, -0.2) is 4.79 Å². The molecular formula is C42H55NO5. The first-order valence-corrected chi connectivity index (χ1v) is 17.1. The number of methoxy groups -OCH3 is 1. The Morgan fingerprint density at radius 1 is 0.792 bits per heavy atom. The zero-order valence-corrected chi connectivity index (χ0v) is 29.3. The zero-order valence-electron chi connectivity index (χ0n) is 29.3. The van der Waals surface area contributed by atoms with Gasteiger partial charge in [0, 0.05) is 25.3 Å². The fraction of sp³-hybridized carbons (Fsp3) is 0.381. The summed E-state index contributed by atoms with van der Waals surface area (Å²) in [7, 11) is 1.33. The van der Waals surface area contributed by atoms with Crippen LogP contribution in [0.25, 0.3) is 0 Å². The van der Waals surface area contributed by atoms with E-state index in [4.69, 9.17) is 14.2 Å². The summed E-state index contributed by atoms with van der Waals surface area (Å²) in [5.41, 5.74) is 4.25. The van der Waals surface area contributed by atoms with Crippen LogP contribution in [-0.2, 0) is 22.6 Å². The minimum Gasteiger partial charge on any atom is -0.488 e. The summed E-state index contributed by atoms with van der Waals surface area (Å²) >= 11 is 0. The number of benzene rings is 3. The molecule has 48 heavy (non-hydrogen) atoms. The van der Waals surface area contributed by atoms with Gasteiger partial charge in [-0.3, -0.25) is 9.69 Å². The highest BCUT2D eigenvalue weighted by atomic mass is 16.5. The van der Waals surface area contributed by atoms with Crippen molar-refractivity contribution in [2.24, 2.45) is 0 Å². The number of unbranched alkanes of at least 4 members (excludes halogenated alkanes) is 4. The van der Waals surface area contributed by atoms with Crippen molar-refractivity contribution in [3.63, 3.8) is 0 Å². The van der Waals surface area contributed by atoms with Crippen molar-refractivity contribution >= 4 is 11.8 Å². The van der Waals surface area contributed by atoms with Crippen molar-refractivity contribution in [1.29, 1.82) is 0 Å². The Morgan fingerprint density at radius 2 is 1.44 bits per heavy atom. The van der Waals surface area contributed by atoms with Gasteiger partial charge in [-0.15, -0.1) is 13.2 Å². The normalized spacial score (nSPS) is 11.3. The number of rotatable bonds is 22. The molecule has 0 aromatic heterocycles. The summed E-state index contributed by atoms with van der Waals surface area (Å²) in [4.78, 5) is 28.3. The van der Waals surface area contributed by atoms with E-state index in [1.165, 1.54) is 12.7 Å². The third kappa shape index (κ3) is 15.6.